The van der Waals surface area contributed by atoms with E-state index in [4.69, 9.17) is 4.98 Å². The van der Waals surface area contributed by atoms with Crippen molar-refractivity contribution < 1.29 is 0 Å². The second-order valence-corrected chi connectivity index (χ2v) is 8.70. The summed E-state index contributed by atoms with van der Waals surface area (Å²) in [6, 6.07) is 17.3. The topological polar surface area (TPSA) is 19.4 Å². The van der Waals surface area contributed by atoms with E-state index in [0.717, 1.165) is 12.2 Å². The largest absolute Gasteiger partial charge is 0.303 e. The number of nitrogens with zero attached hydrogens (tertiary/aromatic N) is 3. The molecular formula is C24H33N3. The maximum Gasteiger partial charge on any atom is 0.0547 e. The maximum absolute atomic E-state index is 4.70. The minimum Gasteiger partial charge on any atom is -0.303 e. The highest BCUT2D eigenvalue weighted by Gasteiger charge is 2.41. The first-order valence-corrected chi connectivity index (χ1v) is 10.6. The zero-order valence-corrected chi connectivity index (χ0v) is 16.7. The molecule has 144 valence electrons. The van der Waals surface area contributed by atoms with Crippen LogP contribution in [0.25, 0.3) is 0 Å². The third-order valence-corrected chi connectivity index (χ3v) is 6.37. The fraction of sp³-hybridized carbons (Fsp3) is 0.542. The molecule has 2 aliphatic rings. The second-order valence-electron chi connectivity index (χ2n) is 8.70. The van der Waals surface area contributed by atoms with E-state index in [-0.39, 0.29) is 0 Å². The Labute approximate surface area is 164 Å². The first kappa shape index (κ1) is 18.6. The van der Waals surface area contributed by atoms with Gasteiger partial charge in [-0.25, -0.2) is 0 Å². The van der Waals surface area contributed by atoms with Crippen molar-refractivity contribution in [3.05, 3.63) is 65.5 Å². The third kappa shape index (κ3) is 4.97. The Morgan fingerprint density at radius 3 is 2.63 bits per heavy atom. The monoisotopic (exact) mass is 363 g/mol. The van der Waals surface area contributed by atoms with Gasteiger partial charge < -0.3 is 4.90 Å². The number of aryl methyl sites for hydroxylation is 2. The molecule has 3 heteroatoms. The van der Waals surface area contributed by atoms with Gasteiger partial charge in [-0.3, -0.25) is 9.88 Å². The van der Waals surface area contributed by atoms with Crippen LogP contribution in [0.3, 0.4) is 0 Å². The third-order valence-electron chi connectivity index (χ3n) is 6.37. The second kappa shape index (κ2) is 8.53. The molecular weight excluding hydrogens is 330 g/mol. The Bertz CT molecular complexity index is 729. The average molecular weight is 364 g/mol. The molecule has 0 aliphatic carbocycles. The summed E-state index contributed by atoms with van der Waals surface area (Å²) >= 11 is 0. The summed E-state index contributed by atoms with van der Waals surface area (Å²) in [5.74, 6) is 0. The number of rotatable bonds is 6. The lowest BCUT2D eigenvalue weighted by Gasteiger charge is -2.40. The summed E-state index contributed by atoms with van der Waals surface area (Å²) in [6.45, 7) is 9.40. The summed E-state index contributed by atoms with van der Waals surface area (Å²) in [4.78, 5) is 10.1. The first-order chi connectivity index (χ1) is 13.2. The Hall–Kier alpha value is -1.71. The van der Waals surface area contributed by atoms with E-state index >= 15 is 0 Å². The van der Waals surface area contributed by atoms with Crippen LogP contribution in [0, 0.1) is 12.3 Å². The quantitative estimate of drug-likeness (QED) is 0.762. The van der Waals surface area contributed by atoms with E-state index in [1.807, 2.05) is 0 Å². The van der Waals surface area contributed by atoms with Crippen molar-refractivity contribution in [3.8, 4) is 0 Å². The predicted octanol–water partition coefficient (Wildman–Crippen LogP) is 4.31. The molecule has 2 saturated heterocycles. The number of hydrogen-bond acceptors (Lipinski definition) is 3. The van der Waals surface area contributed by atoms with Crippen LogP contribution in [0.2, 0.25) is 0 Å². The Balaban J connectivity index is 1.27. The van der Waals surface area contributed by atoms with Crippen molar-refractivity contribution >= 4 is 0 Å². The molecule has 0 amide bonds. The van der Waals surface area contributed by atoms with E-state index in [1.54, 1.807) is 0 Å². The molecule has 1 unspecified atom stereocenters. The maximum atomic E-state index is 4.70. The number of hydrogen-bond donors (Lipinski definition) is 0. The first-order valence-electron chi connectivity index (χ1n) is 10.6. The molecule has 4 rings (SSSR count). The number of piperidine rings is 1. The number of likely N-dealkylation sites (tertiary alicyclic amines) is 2. The molecule has 2 aliphatic heterocycles. The average Bonchev–Trinajstić information content (AvgIpc) is 3.04. The minimum atomic E-state index is 0.523. The predicted molar refractivity (Wildman–Crippen MR) is 112 cm³/mol. The van der Waals surface area contributed by atoms with Crippen LogP contribution in [0.4, 0.5) is 0 Å². The van der Waals surface area contributed by atoms with Crippen LogP contribution in [0.15, 0.2) is 48.5 Å². The lowest BCUT2D eigenvalue weighted by Crippen LogP contribution is -2.45. The standard InChI is InChI=1S/C24H33N3/c1-21-8-5-12-23(25-21)18-27-17-14-24(20-27)13-7-16-26(19-24)15-6-11-22-9-3-2-4-10-22/h2-5,8-10,12H,6-7,11,13-20H2,1H3. The summed E-state index contributed by atoms with van der Waals surface area (Å²) in [5.41, 5.74) is 4.35. The van der Waals surface area contributed by atoms with E-state index < -0.39 is 0 Å². The van der Waals surface area contributed by atoms with Crippen molar-refractivity contribution in [3.63, 3.8) is 0 Å². The summed E-state index contributed by atoms with van der Waals surface area (Å²) in [5, 5.41) is 0. The van der Waals surface area contributed by atoms with Gasteiger partial charge in [-0.05, 0) is 81.8 Å². The van der Waals surface area contributed by atoms with Crippen molar-refractivity contribution in [1.82, 2.24) is 14.8 Å². The normalized spacial score (nSPS) is 23.9. The fourth-order valence-electron chi connectivity index (χ4n) is 5.06. The van der Waals surface area contributed by atoms with Crippen molar-refractivity contribution in [2.75, 3.05) is 32.7 Å². The Morgan fingerprint density at radius 2 is 1.78 bits per heavy atom. The Kier molecular flexibility index (Phi) is 5.89. The molecule has 0 saturated carbocycles. The number of pyridine rings is 1. The van der Waals surface area contributed by atoms with Crippen molar-refractivity contribution in [1.29, 1.82) is 0 Å². The van der Waals surface area contributed by atoms with Crippen LogP contribution < -0.4 is 0 Å². The van der Waals surface area contributed by atoms with Crippen molar-refractivity contribution in [2.45, 2.75) is 45.6 Å². The number of aromatic nitrogens is 1. The molecule has 0 bridgehead atoms. The van der Waals surface area contributed by atoms with Gasteiger partial charge in [0.25, 0.3) is 0 Å². The van der Waals surface area contributed by atoms with Crippen LogP contribution >= 0.6 is 0 Å². The van der Waals surface area contributed by atoms with Crippen LogP contribution in [0.5, 0.6) is 0 Å². The lowest BCUT2D eigenvalue weighted by molar-refractivity contribution is 0.0910. The summed E-state index contributed by atoms with van der Waals surface area (Å²) in [6.07, 6.45) is 6.60. The highest BCUT2D eigenvalue weighted by atomic mass is 15.2. The van der Waals surface area contributed by atoms with E-state index in [9.17, 15) is 0 Å². The molecule has 0 N–H and O–H groups in total. The summed E-state index contributed by atoms with van der Waals surface area (Å²) in [7, 11) is 0. The van der Waals surface area contributed by atoms with Gasteiger partial charge in [0.1, 0.15) is 0 Å². The lowest BCUT2D eigenvalue weighted by atomic mass is 9.79. The van der Waals surface area contributed by atoms with Gasteiger partial charge in [0.2, 0.25) is 0 Å². The van der Waals surface area contributed by atoms with E-state index in [2.05, 4.69) is 65.3 Å². The van der Waals surface area contributed by atoms with Gasteiger partial charge >= 0.3 is 0 Å². The van der Waals surface area contributed by atoms with Gasteiger partial charge in [-0.1, -0.05) is 36.4 Å². The van der Waals surface area contributed by atoms with Crippen LogP contribution in [-0.2, 0) is 13.0 Å². The highest BCUT2D eigenvalue weighted by molar-refractivity contribution is 5.14. The van der Waals surface area contributed by atoms with Gasteiger partial charge in [0.15, 0.2) is 0 Å². The molecule has 0 radical (unpaired) electrons. The molecule has 1 atom stereocenters. The fourth-order valence-corrected chi connectivity index (χ4v) is 5.06. The zero-order chi connectivity index (χ0) is 18.5. The molecule has 3 nitrogen and oxygen atoms in total. The number of benzene rings is 1. The molecule has 2 fully saturated rings. The van der Waals surface area contributed by atoms with Crippen LogP contribution in [-0.4, -0.2) is 47.5 Å². The van der Waals surface area contributed by atoms with Gasteiger partial charge in [-0.15, -0.1) is 0 Å². The van der Waals surface area contributed by atoms with Gasteiger partial charge in [0.05, 0.1) is 5.69 Å². The smallest absolute Gasteiger partial charge is 0.0547 e. The molecule has 3 heterocycles. The molecule has 1 aromatic carbocycles. The highest BCUT2D eigenvalue weighted by Crippen LogP contribution is 2.39. The molecule has 27 heavy (non-hydrogen) atoms. The Morgan fingerprint density at radius 1 is 0.926 bits per heavy atom. The van der Waals surface area contributed by atoms with Gasteiger partial charge in [-0.2, -0.15) is 0 Å². The molecule has 1 spiro atoms. The zero-order valence-electron chi connectivity index (χ0n) is 16.7. The summed E-state index contributed by atoms with van der Waals surface area (Å²) < 4.78 is 0. The van der Waals surface area contributed by atoms with E-state index in [1.165, 1.54) is 76.1 Å². The molecule has 2 aromatic rings. The van der Waals surface area contributed by atoms with Crippen molar-refractivity contribution in [2.24, 2.45) is 5.41 Å². The molecule has 1 aromatic heterocycles. The van der Waals surface area contributed by atoms with Crippen LogP contribution in [0.1, 0.15) is 42.6 Å². The SMILES string of the molecule is Cc1cccc(CN2CCC3(CCCN(CCCc4ccccc4)C3)C2)n1. The van der Waals surface area contributed by atoms with E-state index in [0.29, 0.717) is 5.41 Å². The van der Waals surface area contributed by atoms with Gasteiger partial charge in [0, 0.05) is 25.3 Å². The minimum absolute atomic E-state index is 0.523.